The molecule has 0 aliphatic heterocycles. The van der Waals surface area contributed by atoms with Crippen molar-refractivity contribution < 1.29 is 17.9 Å². The predicted molar refractivity (Wildman–Crippen MR) is 79.6 cm³/mol. The van der Waals surface area contributed by atoms with Crippen LogP contribution in [0.4, 0.5) is 4.39 Å². The minimum Gasteiger partial charge on any atom is -0.395 e. The van der Waals surface area contributed by atoms with Gasteiger partial charge in [-0.05, 0) is 23.6 Å². The minimum atomic E-state index is -3.76. The van der Waals surface area contributed by atoms with Gasteiger partial charge in [0.2, 0.25) is 10.0 Å². The van der Waals surface area contributed by atoms with Crippen molar-refractivity contribution in [2.24, 2.45) is 5.41 Å². The van der Waals surface area contributed by atoms with E-state index in [2.05, 4.69) is 16.6 Å². The first-order valence-electron chi connectivity index (χ1n) is 6.55. The molecule has 0 atom stereocenters. The summed E-state index contributed by atoms with van der Waals surface area (Å²) in [5, 5.41) is 8.69. The Morgan fingerprint density at radius 2 is 2.00 bits per heavy atom. The Morgan fingerprint density at radius 3 is 2.57 bits per heavy atom. The lowest BCUT2D eigenvalue weighted by atomic mass is 9.98. The number of aliphatic hydroxyl groups excluding tert-OH is 1. The van der Waals surface area contributed by atoms with Gasteiger partial charge in [-0.3, -0.25) is 0 Å². The molecule has 1 rings (SSSR count). The molecule has 0 saturated carbocycles. The molecule has 116 valence electrons. The molecule has 0 bridgehead atoms. The molecule has 2 N–H and O–H groups in total. The number of hydrogen-bond acceptors (Lipinski definition) is 3. The van der Waals surface area contributed by atoms with E-state index in [9.17, 15) is 12.8 Å². The van der Waals surface area contributed by atoms with Gasteiger partial charge in [0.05, 0.1) is 11.5 Å². The molecule has 0 aliphatic carbocycles. The van der Waals surface area contributed by atoms with Crippen molar-refractivity contribution in [3.8, 4) is 11.8 Å². The van der Waals surface area contributed by atoms with Gasteiger partial charge in [-0.15, -0.1) is 0 Å². The third-order valence-corrected chi connectivity index (χ3v) is 3.94. The number of hydrogen-bond donors (Lipinski definition) is 2. The normalized spacial score (nSPS) is 11.9. The van der Waals surface area contributed by atoms with Crippen molar-refractivity contribution in [2.75, 3.05) is 13.2 Å². The van der Waals surface area contributed by atoms with E-state index in [0.29, 0.717) is 0 Å². The number of benzene rings is 1. The Hall–Kier alpha value is -1.42. The van der Waals surface area contributed by atoms with Gasteiger partial charge in [-0.2, -0.15) is 0 Å². The maximum Gasteiger partial charge on any atom is 0.241 e. The highest BCUT2D eigenvalue weighted by Crippen LogP contribution is 2.18. The van der Waals surface area contributed by atoms with Crippen LogP contribution in [0.2, 0.25) is 0 Å². The Labute approximate surface area is 125 Å². The quantitative estimate of drug-likeness (QED) is 0.834. The smallest absolute Gasteiger partial charge is 0.241 e. The summed E-state index contributed by atoms with van der Waals surface area (Å²) in [6.07, 6.45) is 0.200. The Bertz CT molecular complexity index is 652. The number of aliphatic hydroxyl groups is 1. The highest BCUT2D eigenvalue weighted by atomic mass is 32.2. The second-order valence-electron chi connectivity index (χ2n) is 5.80. The Balaban J connectivity index is 3.14. The van der Waals surface area contributed by atoms with Crippen molar-refractivity contribution in [1.29, 1.82) is 0 Å². The molecule has 0 aliphatic rings. The fourth-order valence-electron chi connectivity index (χ4n) is 1.44. The molecular weight excluding hydrogens is 293 g/mol. The number of halogens is 1. The van der Waals surface area contributed by atoms with E-state index in [1.54, 1.807) is 0 Å². The van der Waals surface area contributed by atoms with Crippen molar-refractivity contribution in [2.45, 2.75) is 32.1 Å². The standard InChI is InChI=1S/C15H20FNO3S/c1-15(2,3)11-17-21(19,20)14-8-7-13(16)10-12(14)6-4-5-9-18/h7-8,10,17-18H,5,9,11H2,1-3H3. The summed E-state index contributed by atoms with van der Waals surface area (Å²) in [4.78, 5) is -0.0569. The van der Waals surface area contributed by atoms with E-state index < -0.39 is 15.8 Å². The van der Waals surface area contributed by atoms with Gasteiger partial charge in [-0.1, -0.05) is 32.6 Å². The molecule has 0 amide bonds. The lowest BCUT2D eigenvalue weighted by Gasteiger charge is -2.19. The van der Waals surface area contributed by atoms with Crippen LogP contribution in [-0.4, -0.2) is 26.7 Å². The number of sulfonamides is 1. The topological polar surface area (TPSA) is 66.4 Å². The Morgan fingerprint density at radius 1 is 1.33 bits per heavy atom. The fourth-order valence-corrected chi connectivity index (χ4v) is 2.86. The zero-order valence-electron chi connectivity index (χ0n) is 12.4. The van der Waals surface area contributed by atoms with Crippen LogP contribution in [0.15, 0.2) is 23.1 Å². The number of nitrogens with one attached hydrogen (secondary N) is 1. The zero-order chi connectivity index (χ0) is 16.1. The van der Waals surface area contributed by atoms with Crippen LogP contribution >= 0.6 is 0 Å². The molecule has 6 heteroatoms. The summed E-state index contributed by atoms with van der Waals surface area (Å²) < 4.78 is 40.4. The van der Waals surface area contributed by atoms with Gasteiger partial charge in [0.25, 0.3) is 0 Å². The van der Waals surface area contributed by atoms with Gasteiger partial charge in [-0.25, -0.2) is 17.5 Å². The summed E-state index contributed by atoms with van der Waals surface area (Å²) in [6, 6.07) is 3.36. The molecule has 0 saturated heterocycles. The molecule has 0 spiro atoms. The average molecular weight is 313 g/mol. The molecular formula is C15H20FNO3S. The molecule has 21 heavy (non-hydrogen) atoms. The molecule has 0 unspecified atom stereocenters. The minimum absolute atomic E-state index is 0.0569. The molecule has 1 aromatic carbocycles. The third-order valence-electron chi connectivity index (χ3n) is 2.48. The zero-order valence-corrected chi connectivity index (χ0v) is 13.2. The molecule has 1 aromatic rings. The first kappa shape index (κ1) is 17.6. The summed E-state index contributed by atoms with van der Waals surface area (Å²) in [6.45, 7) is 5.84. The predicted octanol–water partition coefficient (Wildman–Crippen LogP) is 1.88. The largest absolute Gasteiger partial charge is 0.395 e. The first-order valence-corrected chi connectivity index (χ1v) is 8.03. The van der Waals surface area contributed by atoms with Crippen LogP contribution in [-0.2, 0) is 10.0 Å². The maximum absolute atomic E-state index is 13.3. The molecule has 4 nitrogen and oxygen atoms in total. The van der Waals surface area contributed by atoms with Crippen molar-refractivity contribution in [3.05, 3.63) is 29.6 Å². The van der Waals surface area contributed by atoms with E-state index in [1.807, 2.05) is 20.8 Å². The van der Waals surface area contributed by atoms with Crippen molar-refractivity contribution in [1.82, 2.24) is 4.72 Å². The summed E-state index contributed by atoms with van der Waals surface area (Å²) in [5.74, 6) is 4.64. The van der Waals surface area contributed by atoms with E-state index in [0.717, 1.165) is 12.1 Å². The highest BCUT2D eigenvalue weighted by Gasteiger charge is 2.21. The van der Waals surface area contributed by atoms with Crippen LogP contribution in [0.3, 0.4) is 0 Å². The third kappa shape index (κ3) is 5.84. The molecule has 0 fully saturated rings. The van der Waals surface area contributed by atoms with Gasteiger partial charge in [0, 0.05) is 18.5 Å². The van der Waals surface area contributed by atoms with E-state index in [4.69, 9.17) is 5.11 Å². The first-order chi connectivity index (χ1) is 9.65. The van der Waals surface area contributed by atoms with Crippen LogP contribution in [0.25, 0.3) is 0 Å². The van der Waals surface area contributed by atoms with Crippen LogP contribution in [0.1, 0.15) is 32.8 Å². The maximum atomic E-state index is 13.3. The monoisotopic (exact) mass is 313 g/mol. The van der Waals surface area contributed by atoms with Crippen molar-refractivity contribution in [3.63, 3.8) is 0 Å². The molecule has 0 aromatic heterocycles. The van der Waals surface area contributed by atoms with Gasteiger partial charge >= 0.3 is 0 Å². The summed E-state index contributed by atoms with van der Waals surface area (Å²) >= 11 is 0. The molecule has 0 heterocycles. The summed E-state index contributed by atoms with van der Waals surface area (Å²) in [5.41, 5.74) is -0.125. The van der Waals surface area contributed by atoms with E-state index >= 15 is 0 Å². The lowest BCUT2D eigenvalue weighted by Crippen LogP contribution is -2.32. The summed E-state index contributed by atoms with van der Waals surface area (Å²) in [7, 11) is -3.76. The Kier molecular flexibility index (Phi) is 5.90. The van der Waals surface area contributed by atoms with E-state index in [-0.39, 0.29) is 35.4 Å². The van der Waals surface area contributed by atoms with Crippen LogP contribution < -0.4 is 4.72 Å². The van der Waals surface area contributed by atoms with Crippen LogP contribution in [0, 0.1) is 23.1 Å². The highest BCUT2D eigenvalue weighted by molar-refractivity contribution is 7.89. The van der Waals surface area contributed by atoms with Gasteiger partial charge in [0.1, 0.15) is 5.82 Å². The second-order valence-corrected chi connectivity index (χ2v) is 7.54. The van der Waals surface area contributed by atoms with E-state index in [1.165, 1.54) is 6.07 Å². The fraction of sp³-hybridized carbons (Fsp3) is 0.467. The molecule has 0 radical (unpaired) electrons. The second kappa shape index (κ2) is 7.03. The van der Waals surface area contributed by atoms with Gasteiger partial charge < -0.3 is 5.11 Å². The van der Waals surface area contributed by atoms with Crippen LogP contribution in [0.5, 0.6) is 0 Å². The number of rotatable bonds is 4. The SMILES string of the molecule is CC(C)(C)CNS(=O)(=O)c1ccc(F)cc1C#CCCO. The van der Waals surface area contributed by atoms with Crippen molar-refractivity contribution >= 4 is 10.0 Å². The average Bonchev–Trinajstić information content (AvgIpc) is 2.36. The lowest BCUT2D eigenvalue weighted by molar-refractivity contribution is 0.305. The van der Waals surface area contributed by atoms with Gasteiger partial charge in [0.15, 0.2) is 0 Å².